The fraction of sp³-hybridized carbons (Fsp3) is 0.429. The van der Waals surface area contributed by atoms with Crippen LogP contribution in [-0.4, -0.2) is 35.1 Å². The Balaban J connectivity index is 2.14. The van der Waals surface area contributed by atoms with Crippen molar-refractivity contribution >= 4 is 40.9 Å². The Kier molecular flexibility index (Phi) is 4.35. The van der Waals surface area contributed by atoms with Crippen LogP contribution in [0.5, 0.6) is 0 Å². The molecule has 0 aromatic heterocycles. The van der Waals surface area contributed by atoms with Gasteiger partial charge in [0.05, 0.1) is 21.1 Å². The maximum absolute atomic E-state index is 12.2. The number of hydrogen-bond acceptors (Lipinski definition) is 2. The number of rotatable bonds is 2. The van der Waals surface area contributed by atoms with E-state index in [-0.39, 0.29) is 6.54 Å². The largest absolute Gasteiger partial charge is 0.481 e. The van der Waals surface area contributed by atoms with E-state index in [4.69, 9.17) is 23.2 Å². The molecule has 1 saturated heterocycles. The minimum Gasteiger partial charge on any atom is -0.481 e. The van der Waals surface area contributed by atoms with Crippen LogP contribution >= 0.6 is 23.2 Å². The molecule has 1 aromatic rings. The van der Waals surface area contributed by atoms with Gasteiger partial charge >= 0.3 is 12.0 Å². The topological polar surface area (TPSA) is 69.6 Å². The first-order valence-electron chi connectivity index (χ1n) is 6.48. The number of nitrogens with one attached hydrogen (secondary N) is 1. The minimum absolute atomic E-state index is 0.162. The second-order valence-corrected chi connectivity index (χ2v) is 6.31. The van der Waals surface area contributed by atoms with Crippen LogP contribution in [0.3, 0.4) is 0 Å². The average molecular weight is 331 g/mol. The molecule has 1 unspecified atom stereocenters. The first-order chi connectivity index (χ1) is 9.74. The predicted octanol–water partition coefficient (Wildman–Crippen LogP) is 3.63. The Morgan fingerprint density at radius 1 is 1.38 bits per heavy atom. The number of carbonyl (C=O) groups is 2. The maximum Gasteiger partial charge on any atom is 0.321 e. The molecule has 7 heteroatoms. The smallest absolute Gasteiger partial charge is 0.321 e. The highest BCUT2D eigenvalue weighted by molar-refractivity contribution is 6.40. The summed E-state index contributed by atoms with van der Waals surface area (Å²) in [5.41, 5.74) is 0.248. The standard InChI is InChI=1S/C14H16Cl2N2O3/c1-8-3-4-9(15)11(10(8)16)17-13(21)18-6-5-14(2,7-18)12(19)20/h3-4H,5-7H2,1-2H3,(H,17,21)(H,19,20). The first kappa shape index (κ1) is 15.9. The zero-order valence-electron chi connectivity index (χ0n) is 11.7. The number of anilines is 1. The van der Waals surface area contributed by atoms with Gasteiger partial charge in [-0.1, -0.05) is 29.3 Å². The number of hydrogen-bond donors (Lipinski definition) is 2. The Labute approximate surface area is 132 Å². The van der Waals surface area contributed by atoms with Gasteiger partial charge in [-0.15, -0.1) is 0 Å². The van der Waals surface area contributed by atoms with Crippen LogP contribution in [0.1, 0.15) is 18.9 Å². The van der Waals surface area contributed by atoms with Crippen molar-refractivity contribution < 1.29 is 14.7 Å². The maximum atomic E-state index is 12.2. The summed E-state index contributed by atoms with van der Waals surface area (Å²) in [6.07, 6.45) is 0.422. The molecule has 5 nitrogen and oxygen atoms in total. The zero-order chi connectivity index (χ0) is 15.8. The van der Waals surface area contributed by atoms with E-state index >= 15 is 0 Å². The summed E-state index contributed by atoms with van der Waals surface area (Å²) in [6, 6.07) is 3.02. The van der Waals surface area contributed by atoms with E-state index < -0.39 is 17.4 Å². The lowest BCUT2D eigenvalue weighted by molar-refractivity contribution is -0.146. The second kappa shape index (κ2) is 5.73. The molecule has 21 heavy (non-hydrogen) atoms. The predicted molar refractivity (Wildman–Crippen MR) is 82.2 cm³/mol. The number of urea groups is 1. The number of carboxylic acids is 1. The summed E-state index contributed by atoms with van der Waals surface area (Å²) in [6.45, 7) is 3.99. The van der Waals surface area contributed by atoms with E-state index in [2.05, 4.69) is 5.32 Å². The molecule has 1 aliphatic rings. The Morgan fingerprint density at radius 2 is 2.05 bits per heavy atom. The van der Waals surface area contributed by atoms with Crippen molar-refractivity contribution in [3.63, 3.8) is 0 Å². The first-order valence-corrected chi connectivity index (χ1v) is 7.24. The zero-order valence-corrected chi connectivity index (χ0v) is 13.3. The van der Waals surface area contributed by atoms with Gasteiger partial charge in [0, 0.05) is 13.1 Å². The summed E-state index contributed by atoms with van der Waals surface area (Å²) in [5, 5.41) is 12.6. The lowest BCUT2D eigenvalue weighted by atomic mass is 9.90. The normalized spacial score (nSPS) is 21.4. The summed E-state index contributed by atoms with van der Waals surface area (Å²) in [7, 11) is 0. The molecule has 1 aromatic carbocycles. The molecule has 0 bridgehead atoms. The molecule has 2 rings (SSSR count). The van der Waals surface area contributed by atoms with Crippen molar-refractivity contribution in [2.75, 3.05) is 18.4 Å². The van der Waals surface area contributed by atoms with Gasteiger partial charge in [0.1, 0.15) is 0 Å². The molecule has 114 valence electrons. The van der Waals surface area contributed by atoms with Crippen molar-refractivity contribution in [1.82, 2.24) is 4.90 Å². The van der Waals surface area contributed by atoms with E-state index in [0.717, 1.165) is 5.56 Å². The third-order valence-corrected chi connectivity index (χ3v) is 4.60. The number of carbonyl (C=O) groups excluding carboxylic acids is 1. The van der Waals surface area contributed by atoms with Gasteiger partial charge in [-0.25, -0.2) is 4.79 Å². The third kappa shape index (κ3) is 3.09. The van der Waals surface area contributed by atoms with Crippen LogP contribution in [0.15, 0.2) is 12.1 Å². The van der Waals surface area contributed by atoms with Crippen molar-refractivity contribution in [3.05, 3.63) is 27.7 Å². The molecule has 2 amide bonds. The van der Waals surface area contributed by atoms with Gasteiger partial charge in [0.2, 0.25) is 0 Å². The molecule has 0 aliphatic carbocycles. The Hall–Kier alpha value is -1.46. The van der Waals surface area contributed by atoms with Gasteiger partial charge in [-0.2, -0.15) is 0 Å². The van der Waals surface area contributed by atoms with Gasteiger partial charge < -0.3 is 15.3 Å². The highest BCUT2D eigenvalue weighted by Crippen LogP contribution is 2.34. The minimum atomic E-state index is -0.905. The summed E-state index contributed by atoms with van der Waals surface area (Å²) in [5.74, 6) is -0.899. The molecule has 1 heterocycles. The summed E-state index contributed by atoms with van der Waals surface area (Å²) in [4.78, 5) is 24.9. The van der Waals surface area contributed by atoms with Crippen molar-refractivity contribution in [2.45, 2.75) is 20.3 Å². The second-order valence-electron chi connectivity index (χ2n) is 5.52. The van der Waals surface area contributed by atoms with Gasteiger partial charge in [-0.05, 0) is 31.9 Å². The summed E-state index contributed by atoms with van der Waals surface area (Å²) < 4.78 is 0. The highest BCUT2D eigenvalue weighted by atomic mass is 35.5. The SMILES string of the molecule is Cc1ccc(Cl)c(NC(=O)N2CCC(C)(C(=O)O)C2)c1Cl. The number of likely N-dealkylation sites (tertiary alicyclic amines) is 1. The number of aryl methyl sites for hydroxylation is 1. The molecular weight excluding hydrogens is 315 g/mol. The van der Waals surface area contributed by atoms with E-state index in [1.165, 1.54) is 4.90 Å². The van der Waals surface area contributed by atoms with Gasteiger partial charge in [0.25, 0.3) is 0 Å². The number of carboxylic acid groups (broad SMARTS) is 1. The highest BCUT2D eigenvalue weighted by Gasteiger charge is 2.42. The number of amides is 2. The van der Waals surface area contributed by atoms with Gasteiger partial charge in [0.15, 0.2) is 0 Å². The molecule has 0 saturated carbocycles. The van der Waals surface area contributed by atoms with Crippen LogP contribution in [0, 0.1) is 12.3 Å². The lowest BCUT2D eigenvalue weighted by Crippen LogP contribution is -2.37. The van der Waals surface area contributed by atoms with E-state index in [9.17, 15) is 14.7 Å². The molecule has 1 fully saturated rings. The Morgan fingerprint density at radius 3 is 2.62 bits per heavy atom. The molecule has 1 atom stereocenters. The lowest BCUT2D eigenvalue weighted by Gasteiger charge is -2.21. The quantitative estimate of drug-likeness (QED) is 0.869. The molecule has 2 N–H and O–H groups in total. The van der Waals surface area contributed by atoms with E-state index in [1.54, 1.807) is 19.1 Å². The molecular formula is C14H16Cl2N2O3. The van der Waals surface area contributed by atoms with Crippen molar-refractivity contribution in [1.29, 1.82) is 0 Å². The van der Waals surface area contributed by atoms with Crippen LogP contribution in [0.25, 0.3) is 0 Å². The van der Waals surface area contributed by atoms with Crippen LogP contribution in [0.2, 0.25) is 10.0 Å². The molecule has 1 aliphatic heterocycles. The number of nitrogens with zero attached hydrogens (tertiary/aromatic N) is 1. The number of benzene rings is 1. The van der Waals surface area contributed by atoms with Crippen LogP contribution < -0.4 is 5.32 Å². The molecule has 0 radical (unpaired) electrons. The number of halogens is 2. The van der Waals surface area contributed by atoms with Crippen molar-refractivity contribution in [2.24, 2.45) is 5.41 Å². The van der Waals surface area contributed by atoms with E-state index in [0.29, 0.717) is 28.7 Å². The monoisotopic (exact) mass is 330 g/mol. The molecule has 0 spiro atoms. The fourth-order valence-electron chi connectivity index (χ4n) is 2.27. The van der Waals surface area contributed by atoms with Crippen LogP contribution in [0.4, 0.5) is 10.5 Å². The summed E-state index contributed by atoms with van der Waals surface area (Å²) >= 11 is 12.2. The fourth-order valence-corrected chi connectivity index (χ4v) is 2.73. The number of aliphatic carboxylic acids is 1. The average Bonchev–Trinajstić information content (AvgIpc) is 2.83. The van der Waals surface area contributed by atoms with Crippen LogP contribution in [-0.2, 0) is 4.79 Å². The van der Waals surface area contributed by atoms with E-state index in [1.807, 2.05) is 6.92 Å². The Bertz CT molecular complexity index is 606. The van der Waals surface area contributed by atoms with Gasteiger partial charge in [-0.3, -0.25) is 4.79 Å². The van der Waals surface area contributed by atoms with Crippen molar-refractivity contribution in [3.8, 4) is 0 Å². The third-order valence-electron chi connectivity index (χ3n) is 3.79.